The van der Waals surface area contributed by atoms with Crippen LogP contribution < -0.4 is 5.73 Å². The number of rotatable bonds is 5. The molecule has 1 aromatic heterocycles. The van der Waals surface area contributed by atoms with Gasteiger partial charge in [0.25, 0.3) is 0 Å². The van der Waals surface area contributed by atoms with Gasteiger partial charge >= 0.3 is 0 Å². The van der Waals surface area contributed by atoms with Gasteiger partial charge in [-0.2, -0.15) is 11.3 Å². The zero-order valence-electron chi connectivity index (χ0n) is 10.5. The number of nitrogens with zero attached hydrogens (tertiary/aromatic N) is 1. The van der Waals surface area contributed by atoms with Crippen LogP contribution >= 0.6 is 11.3 Å². The highest BCUT2D eigenvalue weighted by Gasteiger charge is 2.21. The topological polar surface area (TPSA) is 38.5 Å². The van der Waals surface area contributed by atoms with Gasteiger partial charge in [0.1, 0.15) is 0 Å². The second kappa shape index (κ2) is 6.50. The van der Waals surface area contributed by atoms with Crippen molar-refractivity contribution in [2.24, 2.45) is 5.73 Å². The molecule has 0 bridgehead atoms. The fourth-order valence-corrected chi connectivity index (χ4v) is 3.14. The molecule has 2 N–H and O–H groups in total. The van der Waals surface area contributed by atoms with Crippen molar-refractivity contribution in [3.63, 3.8) is 0 Å². The fourth-order valence-electron chi connectivity index (χ4n) is 2.43. The van der Waals surface area contributed by atoms with E-state index in [4.69, 9.17) is 10.5 Å². The van der Waals surface area contributed by atoms with Crippen molar-refractivity contribution >= 4 is 11.3 Å². The Kier molecular flexibility index (Phi) is 4.98. The first-order valence-electron chi connectivity index (χ1n) is 6.35. The predicted octanol–water partition coefficient (Wildman–Crippen LogP) is 2.25. The molecule has 1 aliphatic rings. The molecule has 2 unspecified atom stereocenters. The van der Waals surface area contributed by atoms with E-state index >= 15 is 0 Å². The minimum Gasteiger partial charge on any atom is -0.377 e. The highest BCUT2D eigenvalue weighted by molar-refractivity contribution is 7.07. The van der Waals surface area contributed by atoms with E-state index in [1.54, 1.807) is 11.3 Å². The van der Waals surface area contributed by atoms with Crippen LogP contribution in [0.4, 0.5) is 0 Å². The highest BCUT2D eigenvalue weighted by atomic mass is 32.1. The van der Waals surface area contributed by atoms with Crippen molar-refractivity contribution < 1.29 is 4.74 Å². The third-order valence-corrected chi connectivity index (χ3v) is 4.15. The molecule has 3 nitrogen and oxygen atoms in total. The van der Waals surface area contributed by atoms with Gasteiger partial charge in [0.15, 0.2) is 0 Å². The average molecular weight is 254 g/mol. The molecular formula is C13H22N2OS. The molecule has 1 fully saturated rings. The Morgan fingerprint density at radius 2 is 2.47 bits per heavy atom. The molecule has 0 amide bonds. The van der Waals surface area contributed by atoms with Gasteiger partial charge in [-0.15, -0.1) is 0 Å². The summed E-state index contributed by atoms with van der Waals surface area (Å²) in [7, 11) is 2.15. The first-order valence-corrected chi connectivity index (χ1v) is 7.29. The van der Waals surface area contributed by atoms with E-state index in [-0.39, 0.29) is 0 Å². The Bertz CT molecular complexity index is 309. The number of nitrogens with two attached hydrogens (primary N) is 1. The Labute approximate surface area is 108 Å². The summed E-state index contributed by atoms with van der Waals surface area (Å²) in [5.74, 6) is 0. The molecule has 2 heterocycles. The maximum Gasteiger partial charge on any atom is 0.0702 e. The molecule has 1 saturated heterocycles. The standard InChI is InChI=1S/C13H22N2OS/c1-15(9-12-4-2-3-6-16-12)13(8-14)11-5-7-17-10-11/h5,7,10,12-13H,2-4,6,8-9,14H2,1H3. The van der Waals surface area contributed by atoms with Crippen LogP contribution in [-0.4, -0.2) is 37.7 Å². The second-order valence-electron chi connectivity index (χ2n) is 4.74. The Morgan fingerprint density at radius 3 is 3.06 bits per heavy atom. The summed E-state index contributed by atoms with van der Waals surface area (Å²) in [4.78, 5) is 2.33. The fraction of sp³-hybridized carbons (Fsp3) is 0.692. The van der Waals surface area contributed by atoms with Gasteiger partial charge in [-0.1, -0.05) is 0 Å². The molecule has 0 aliphatic carbocycles. The van der Waals surface area contributed by atoms with Crippen molar-refractivity contribution in [1.29, 1.82) is 0 Å². The lowest BCUT2D eigenvalue weighted by Crippen LogP contribution is -2.38. The molecule has 0 radical (unpaired) electrons. The summed E-state index contributed by atoms with van der Waals surface area (Å²) in [6.45, 7) is 2.57. The van der Waals surface area contributed by atoms with Crippen LogP contribution in [0.15, 0.2) is 16.8 Å². The summed E-state index contributed by atoms with van der Waals surface area (Å²) in [5, 5.41) is 4.30. The summed E-state index contributed by atoms with van der Waals surface area (Å²) >= 11 is 1.73. The molecule has 2 rings (SSSR count). The lowest BCUT2D eigenvalue weighted by Gasteiger charge is -2.32. The summed E-state index contributed by atoms with van der Waals surface area (Å²) < 4.78 is 5.78. The van der Waals surface area contributed by atoms with Gasteiger partial charge < -0.3 is 10.5 Å². The molecular weight excluding hydrogens is 232 g/mol. The van der Waals surface area contributed by atoms with Crippen molar-refractivity contribution in [2.45, 2.75) is 31.4 Å². The monoisotopic (exact) mass is 254 g/mol. The molecule has 1 aromatic rings. The van der Waals surface area contributed by atoms with Gasteiger partial charge in [-0.05, 0) is 48.7 Å². The zero-order valence-corrected chi connectivity index (χ0v) is 11.3. The first-order chi connectivity index (χ1) is 8.31. The number of thiophene rings is 1. The van der Waals surface area contributed by atoms with E-state index in [1.165, 1.54) is 24.8 Å². The number of likely N-dealkylation sites (N-methyl/N-ethyl adjacent to an activating group) is 1. The van der Waals surface area contributed by atoms with Crippen LogP contribution in [0.3, 0.4) is 0 Å². The van der Waals surface area contributed by atoms with E-state index in [2.05, 4.69) is 28.8 Å². The smallest absolute Gasteiger partial charge is 0.0702 e. The van der Waals surface area contributed by atoms with Crippen LogP contribution in [0.25, 0.3) is 0 Å². The van der Waals surface area contributed by atoms with Crippen LogP contribution in [0.2, 0.25) is 0 Å². The number of ether oxygens (including phenoxy) is 1. The van der Waals surface area contributed by atoms with Crippen molar-refractivity contribution in [3.8, 4) is 0 Å². The van der Waals surface area contributed by atoms with Crippen molar-refractivity contribution in [3.05, 3.63) is 22.4 Å². The molecule has 2 atom stereocenters. The highest BCUT2D eigenvalue weighted by Crippen LogP contribution is 2.22. The van der Waals surface area contributed by atoms with E-state index < -0.39 is 0 Å². The van der Waals surface area contributed by atoms with Gasteiger partial charge in [-0.3, -0.25) is 4.90 Å². The predicted molar refractivity (Wildman–Crippen MR) is 72.3 cm³/mol. The summed E-state index contributed by atoms with van der Waals surface area (Å²) in [5.41, 5.74) is 7.22. The third kappa shape index (κ3) is 3.52. The van der Waals surface area contributed by atoms with Crippen LogP contribution in [0, 0.1) is 0 Å². The van der Waals surface area contributed by atoms with E-state index in [9.17, 15) is 0 Å². The van der Waals surface area contributed by atoms with Gasteiger partial charge in [-0.25, -0.2) is 0 Å². The number of hydrogen-bond donors (Lipinski definition) is 1. The Balaban J connectivity index is 1.90. The maximum absolute atomic E-state index is 5.89. The summed E-state index contributed by atoms with van der Waals surface area (Å²) in [6.07, 6.45) is 4.09. The average Bonchev–Trinajstić information content (AvgIpc) is 2.85. The van der Waals surface area contributed by atoms with Gasteiger partial charge in [0.2, 0.25) is 0 Å². The minimum absolute atomic E-state index is 0.326. The lowest BCUT2D eigenvalue weighted by molar-refractivity contribution is -0.00774. The van der Waals surface area contributed by atoms with E-state index in [0.717, 1.165) is 13.2 Å². The SMILES string of the molecule is CN(CC1CCCCO1)C(CN)c1ccsc1. The Hall–Kier alpha value is -0.420. The van der Waals surface area contributed by atoms with Gasteiger partial charge in [0.05, 0.1) is 6.10 Å². The largest absolute Gasteiger partial charge is 0.377 e. The zero-order chi connectivity index (χ0) is 12.1. The molecule has 4 heteroatoms. The first kappa shape index (κ1) is 13.0. The molecule has 0 aromatic carbocycles. The molecule has 0 saturated carbocycles. The van der Waals surface area contributed by atoms with E-state index in [0.29, 0.717) is 18.7 Å². The van der Waals surface area contributed by atoms with E-state index in [1.807, 2.05) is 0 Å². The second-order valence-corrected chi connectivity index (χ2v) is 5.52. The molecule has 0 spiro atoms. The Morgan fingerprint density at radius 1 is 1.59 bits per heavy atom. The van der Waals surface area contributed by atoms with Crippen LogP contribution in [0.5, 0.6) is 0 Å². The minimum atomic E-state index is 0.326. The van der Waals surface area contributed by atoms with Crippen molar-refractivity contribution in [1.82, 2.24) is 4.90 Å². The molecule has 1 aliphatic heterocycles. The van der Waals surface area contributed by atoms with Crippen LogP contribution in [-0.2, 0) is 4.74 Å². The maximum atomic E-state index is 5.89. The third-order valence-electron chi connectivity index (χ3n) is 3.45. The summed E-state index contributed by atoms with van der Waals surface area (Å²) in [6, 6.07) is 2.49. The lowest BCUT2D eigenvalue weighted by atomic mass is 10.1. The van der Waals surface area contributed by atoms with Crippen LogP contribution in [0.1, 0.15) is 30.9 Å². The van der Waals surface area contributed by atoms with Gasteiger partial charge in [0, 0.05) is 25.7 Å². The number of hydrogen-bond acceptors (Lipinski definition) is 4. The van der Waals surface area contributed by atoms with Crippen molar-refractivity contribution in [2.75, 3.05) is 26.7 Å². The molecule has 96 valence electrons. The molecule has 17 heavy (non-hydrogen) atoms. The normalized spacial score (nSPS) is 22.9. The quantitative estimate of drug-likeness (QED) is 0.876.